The van der Waals surface area contributed by atoms with Crippen molar-refractivity contribution in [2.24, 2.45) is 0 Å². The quantitative estimate of drug-likeness (QED) is 0.0146. The Bertz CT molecular complexity index is 1710. The van der Waals surface area contributed by atoms with Crippen molar-refractivity contribution >= 4 is 33.6 Å². The van der Waals surface area contributed by atoms with Crippen LogP contribution in [0.5, 0.6) is 0 Å². The smallest absolute Gasteiger partial charge is 0.463 e. The van der Waals surface area contributed by atoms with E-state index >= 15 is 0 Å². The van der Waals surface area contributed by atoms with Gasteiger partial charge in [0.05, 0.1) is 26.4 Å². The first-order valence-corrected chi connectivity index (χ1v) is 37.3. The Balaban J connectivity index is 4.62. The van der Waals surface area contributed by atoms with Gasteiger partial charge in [0.1, 0.15) is 25.4 Å². The van der Waals surface area contributed by atoms with Gasteiger partial charge in [-0.15, -0.1) is 0 Å². The van der Waals surface area contributed by atoms with Crippen LogP contribution in [0.4, 0.5) is 0 Å². The van der Waals surface area contributed by atoms with Crippen LogP contribution in [0.15, 0.2) is 36.5 Å². The molecule has 0 aromatic rings. The molecule has 0 aromatic carbocycles. The number of carbonyl (C=O) groups is 3. The first-order valence-electron chi connectivity index (χ1n) is 34.3. The molecule has 0 aromatic heterocycles. The monoisotopic (exact) mass is 1250 g/mol. The Morgan fingerprint density at radius 1 is 0.329 bits per heavy atom. The zero-order chi connectivity index (χ0) is 62.4. The van der Waals surface area contributed by atoms with E-state index < -0.39 is 91.5 Å². The first kappa shape index (κ1) is 82.8. The van der Waals surface area contributed by atoms with Gasteiger partial charge in [0.2, 0.25) is 0 Å². The largest absolute Gasteiger partial charge is 0.472 e. The van der Waals surface area contributed by atoms with Crippen LogP contribution < -0.4 is 0 Å². The minimum absolute atomic E-state index is 0.114. The van der Waals surface area contributed by atoms with Crippen molar-refractivity contribution < 1.29 is 75.8 Å². The minimum Gasteiger partial charge on any atom is -0.463 e. The molecule has 500 valence electrons. The van der Waals surface area contributed by atoms with Gasteiger partial charge >= 0.3 is 33.6 Å². The fourth-order valence-corrected chi connectivity index (χ4v) is 11.2. The third kappa shape index (κ3) is 63.2. The highest BCUT2D eigenvalue weighted by atomic mass is 31.2. The molecule has 0 radical (unpaired) electrons. The summed E-state index contributed by atoms with van der Waals surface area (Å²) in [5.74, 6) is -1.56. The number of hydrogen-bond donors (Lipinski definition) is 4. The molecule has 85 heavy (non-hydrogen) atoms. The second kappa shape index (κ2) is 62.0. The summed E-state index contributed by atoms with van der Waals surface area (Å²) in [5.41, 5.74) is 0. The van der Waals surface area contributed by atoms with E-state index in [1.165, 1.54) is 167 Å². The molecular weight excluding hydrogens is 1120 g/mol. The summed E-state index contributed by atoms with van der Waals surface area (Å²) in [6, 6.07) is 0. The maximum Gasteiger partial charge on any atom is 0.472 e. The summed E-state index contributed by atoms with van der Waals surface area (Å²) in [5, 5.41) is 20.5. The molecule has 0 fully saturated rings. The Kier molecular flexibility index (Phi) is 60.4. The molecule has 0 spiro atoms. The molecule has 0 aliphatic heterocycles. The van der Waals surface area contributed by atoms with E-state index in [-0.39, 0.29) is 19.3 Å². The summed E-state index contributed by atoms with van der Waals surface area (Å²) < 4.78 is 60.9. The normalized spacial score (nSPS) is 14.5. The lowest BCUT2D eigenvalue weighted by atomic mass is 10.0. The van der Waals surface area contributed by atoms with Crippen molar-refractivity contribution in [1.82, 2.24) is 0 Å². The number of carbonyl (C=O) groups excluding carboxylic acids is 3. The van der Waals surface area contributed by atoms with Gasteiger partial charge in [-0.2, -0.15) is 0 Å². The van der Waals surface area contributed by atoms with Gasteiger partial charge in [0.25, 0.3) is 0 Å². The van der Waals surface area contributed by atoms with E-state index in [1.54, 1.807) is 0 Å². The van der Waals surface area contributed by atoms with E-state index in [0.29, 0.717) is 19.3 Å². The number of phosphoric ester groups is 2. The maximum absolute atomic E-state index is 12.9. The van der Waals surface area contributed by atoms with E-state index in [1.807, 2.05) is 0 Å². The third-order valence-electron chi connectivity index (χ3n) is 14.9. The van der Waals surface area contributed by atoms with E-state index in [4.69, 9.17) is 32.3 Å². The summed E-state index contributed by atoms with van der Waals surface area (Å²) in [7, 11) is -9.76. The van der Waals surface area contributed by atoms with Crippen molar-refractivity contribution in [3.8, 4) is 0 Å². The lowest BCUT2D eigenvalue weighted by molar-refractivity contribution is -0.161. The molecule has 0 bridgehead atoms. The molecule has 0 saturated carbocycles. The van der Waals surface area contributed by atoms with Crippen molar-refractivity contribution in [1.29, 1.82) is 0 Å². The number of ether oxygens (including phenoxy) is 3. The van der Waals surface area contributed by atoms with Crippen molar-refractivity contribution in [2.45, 2.75) is 334 Å². The summed E-state index contributed by atoms with van der Waals surface area (Å²) >= 11 is 0. The average molecular weight is 1250 g/mol. The topological polar surface area (TPSA) is 231 Å². The highest BCUT2D eigenvalue weighted by molar-refractivity contribution is 7.47. The predicted molar refractivity (Wildman–Crippen MR) is 344 cm³/mol. The van der Waals surface area contributed by atoms with Crippen molar-refractivity contribution in [2.75, 3.05) is 39.6 Å². The maximum atomic E-state index is 12.9. The van der Waals surface area contributed by atoms with Gasteiger partial charge in [0, 0.05) is 19.3 Å². The van der Waals surface area contributed by atoms with Gasteiger partial charge in [-0.25, -0.2) is 9.13 Å². The number of phosphoric acid groups is 2. The predicted octanol–water partition coefficient (Wildman–Crippen LogP) is 18.6. The molecule has 0 heterocycles. The van der Waals surface area contributed by atoms with E-state index in [0.717, 1.165) is 89.9 Å². The van der Waals surface area contributed by atoms with Gasteiger partial charge in [-0.1, -0.05) is 276 Å². The van der Waals surface area contributed by atoms with E-state index in [9.17, 15) is 43.5 Å². The minimum atomic E-state index is -4.91. The van der Waals surface area contributed by atoms with Crippen LogP contribution in [-0.4, -0.2) is 95.9 Å². The lowest BCUT2D eigenvalue weighted by Crippen LogP contribution is -2.30. The number of hydrogen-bond acceptors (Lipinski definition) is 14. The highest BCUT2D eigenvalue weighted by Crippen LogP contribution is 2.45. The van der Waals surface area contributed by atoms with Crippen LogP contribution >= 0.6 is 15.6 Å². The number of aliphatic hydroxyl groups excluding tert-OH is 2. The molecule has 0 aliphatic rings. The standard InChI is InChI=1S/C67H126O16P2/c1-4-7-10-13-16-19-22-25-28-29-30-31-34-36-38-41-44-47-50-53-65(70)77-56-62(68)57-79-84(73,74)80-58-63(69)59-81-85(75,76)82-61-64(83-67(72)55-52-49-46-43-40-37-33-27-24-21-18-15-12-9-6-3)60-78-66(71)54-51-48-45-42-39-35-32-26-23-20-17-14-11-8-5-2/h16,19,25,28,30-31,62-64,68-69H,4-15,17-18,20-24,26-27,29,32-61H2,1-3H3,(H,73,74)(H,75,76)/b19-16-,28-25-,31-30-. The van der Waals surface area contributed by atoms with Gasteiger partial charge in [0.15, 0.2) is 6.10 Å². The van der Waals surface area contributed by atoms with Crippen LogP contribution in [0.25, 0.3) is 0 Å². The number of aliphatic hydroxyl groups is 2. The van der Waals surface area contributed by atoms with Crippen molar-refractivity contribution in [3.63, 3.8) is 0 Å². The SMILES string of the molecule is CCCCC/C=C\C/C=C\C/C=C\CCCCCCCCC(=O)OCC(O)COP(=O)(O)OCC(O)COP(=O)(O)OCC(COC(=O)CCCCCCCCCCCCCCCCC)OC(=O)CCCCCCCCCCCCCCCCC. The second-order valence-corrected chi connectivity index (χ2v) is 26.3. The Labute approximate surface area is 517 Å². The summed E-state index contributed by atoms with van der Waals surface area (Å²) in [6.07, 6.45) is 59.0. The molecule has 5 unspecified atom stereocenters. The highest BCUT2D eigenvalue weighted by Gasteiger charge is 2.29. The van der Waals surface area contributed by atoms with Gasteiger partial charge in [-0.05, 0) is 57.8 Å². The summed E-state index contributed by atoms with van der Waals surface area (Å²) in [6.45, 7) is 2.69. The van der Waals surface area contributed by atoms with Crippen LogP contribution in [0, 0.1) is 0 Å². The zero-order valence-corrected chi connectivity index (χ0v) is 55.8. The Morgan fingerprint density at radius 2 is 0.588 bits per heavy atom. The number of rotatable bonds is 66. The molecule has 0 saturated heterocycles. The molecule has 0 aliphatic carbocycles. The molecule has 16 nitrogen and oxygen atoms in total. The lowest BCUT2D eigenvalue weighted by Gasteiger charge is -2.21. The van der Waals surface area contributed by atoms with Crippen LogP contribution in [0.2, 0.25) is 0 Å². The second-order valence-electron chi connectivity index (χ2n) is 23.3. The van der Waals surface area contributed by atoms with Gasteiger partial charge < -0.3 is 34.2 Å². The van der Waals surface area contributed by atoms with E-state index in [2.05, 4.69) is 57.2 Å². The molecule has 0 amide bonds. The Morgan fingerprint density at radius 3 is 0.953 bits per heavy atom. The average Bonchev–Trinajstić information content (AvgIpc) is 3.52. The fourth-order valence-electron chi connectivity index (χ4n) is 9.58. The van der Waals surface area contributed by atoms with Gasteiger partial charge in [-0.3, -0.25) is 32.5 Å². The number of esters is 3. The zero-order valence-electron chi connectivity index (χ0n) is 54.0. The Hall–Kier alpha value is -2.23. The first-order chi connectivity index (χ1) is 41.2. The third-order valence-corrected chi connectivity index (χ3v) is 16.8. The van der Waals surface area contributed by atoms with Crippen LogP contribution in [0.1, 0.15) is 316 Å². The van der Waals surface area contributed by atoms with Crippen molar-refractivity contribution in [3.05, 3.63) is 36.5 Å². The molecular formula is C67H126O16P2. The number of allylic oxidation sites excluding steroid dienone is 6. The number of unbranched alkanes of at least 4 members (excludes halogenated alkanes) is 37. The molecule has 0 rings (SSSR count). The van der Waals surface area contributed by atoms with Crippen LogP contribution in [0.3, 0.4) is 0 Å². The molecule has 18 heteroatoms. The fraction of sp³-hybridized carbons (Fsp3) is 0.866. The summed E-state index contributed by atoms with van der Waals surface area (Å²) in [4.78, 5) is 58.3. The van der Waals surface area contributed by atoms with Crippen LogP contribution in [-0.2, 0) is 55.8 Å². The molecule has 5 atom stereocenters. The molecule has 4 N–H and O–H groups in total.